The minimum Gasteiger partial charge on any atom is -0.462 e. The van der Waals surface area contributed by atoms with Gasteiger partial charge in [0.2, 0.25) is 15.5 Å². The molecule has 0 aliphatic rings. The van der Waals surface area contributed by atoms with Crippen molar-refractivity contribution in [1.29, 1.82) is 0 Å². The van der Waals surface area contributed by atoms with Gasteiger partial charge >= 0.3 is 5.97 Å². The second-order valence-electron chi connectivity index (χ2n) is 6.30. The Kier molecular flexibility index (Phi) is 5.54. The summed E-state index contributed by atoms with van der Waals surface area (Å²) in [4.78, 5) is 24.7. The van der Waals surface area contributed by atoms with Crippen LogP contribution >= 0.6 is 0 Å². The van der Waals surface area contributed by atoms with Crippen LogP contribution < -0.4 is 10.6 Å². The highest BCUT2D eigenvalue weighted by atomic mass is 32.2. The third-order valence-corrected chi connectivity index (χ3v) is 5.42. The van der Waals surface area contributed by atoms with Crippen LogP contribution in [0.5, 0.6) is 0 Å². The number of hydrogen-bond donors (Lipinski definition) is 1. The van der Waals surface area contributed by atoms with Crippen LogP contribution in [0, 0.1) is 5.82 Å². The summed E-state index contributed by atoms with van der Waals surface area (Å²) in [6.07, 6.45) is 1.36. The van der Waals surface area contributed by atoms with Crippen molar-refractivity contribution < 1.29 is 22.3 Å². The molecule has 0 atom stereocenters. The number of carbonyl (C=O) groups is 1. The summed E-state index contributed by atoms with van der Waals surface area (Å²) in [5, 5.41) is 4.89. The number of nitrogens with two attached hydrogens (primary N) is 1. The Morgan fingerprint density at radius 3 is 2.34 bits per heavy atom. The van der Waals surface area contributed by atoms with E-state index in [-0.39, 0.29) is 22.5 Å². The molecule has 0 amide bonds. The second kappa shape index (κ2) is 7.76. The van der Waals surface area contributed by atoms with Gasteiger partial charge < -0.3 is 9.30 Å². The molecule has 3 rings (SSSR count). The van der Waals surface area contributed by atoms with Gasteiger partial charge in [0, 0.05) is 12.7 Å². The topological polar surface area (TPSA) is 108 Å². The van der Waals surface area contributed by atoms with Crippen molar-refractivity contribution in [3.8, 4) is 11.1 Å². The average Bonchev–Trinajstić information content (AvgIpc) is 2.67. The van der Waals surface area contributed by atoms with Gasteiger partial charge in [-0.15, -0.1) is 0 Å². The number of pyridine rings is 1. The Morgan fingerprint density at radius 1 is 1.14 bits per heavy atom. The molecule has 1 heterocycles. The normalized spacial score (nSPS) is 11.6. The van der Waals surface area contributed by atoms with E-state index in [1.54, 1.807) is 24.5 Å². The lowest BCUT2D eigenvalue weighted by molar-refractivity contribution is 0.0524. The van der Waals surface area contributed by atoms with Crippen LogP contribution in [0.2, 0.25) is 0 Å². The zero-order chi connectivity index (χ0) is 21.3. The number of halogens is 1. The van der Waals surface area contributed by atoms with Crippen molar-refractivity contribution in [1.82, 2.24) is 4.57 Å². The Morgan fingerprint density at radius 2 is 1.79 bits per heavy atom. The highest BCUT2D eigenvalue weighted by Gasteiger charge is 2.20. The number of ether oxygens (including phenoxy) is 1. The molecule has 3 aromatic rings. The number of esters is 1. The predicted molar refractivity (Wildman–Crippen MR) is 107 cm³/mol. The summed E-state index contributed by atoms with van der Waals surface area (Å²) in [5.41, 5.74) is 0.336. The molecule has 29 heavy (non-hydrogen) atoms. The lowest BCUT2D eigenvalue weighted by Gasteiger charge is -2.13. The van der Waals surface area contributed by atoms with Crippen LogP contribution in [0.15, 0.2) is 52.3 Å². The molecule has 2 N–H and O–H groups in total. The number of aromatic nitrogens is 1. The number of hydrogen-bond acceptors (Lipinski definition) is 5. The first-order valence-electron chi connectivity index (χ1n) is 8.84. The first kappa shape index (κ1) is 20.7. The number of aryl methyl sites for hydroxylation is 1. The summed E-state index contributed by atoms with van der Waals surface area (Å²) in [6.45, 7) is 3.89. The Hall–Kier alpha value is -3.04. The fourth-order valence-electron chi connectivity index (χ4n) is 3.08. The number of nitrogens with zero attached hydrogens (tertiary/aromatic N) is 1. The lowest BCUT2D eigenvalue weighted by Crippen LogP contribution is -2.21. The molecular weight excluding hydrogens is 399 g/mol. The molecule has 0 aliphatic heterocycles. The van der Waals surface area contributed by atoms with Gasteiger partial charge in [0.25, 0.3) is 0 Å². The van der Waals surface area contributed by atoms with Crippen molar-refractivity contribution >= 4 is 26.9 Å². The van der Waals surface area contributed by atoms with E-state index in [0.29, 0.717) is 23.2 Å². The monoisotopic (exact) mass is 418 g/mol. The van der Waals surface area contributed by atoms with Crippen molar-refractivity contribution in [2.75, 3.05) is 6.61 Å². The number of rotatable bonds is 5. The minimum absolute atomic E-state index is 0.0629. The third kappa shape index (κ3) is 3.92. The molecule has 0 radical (unpaired) electrons. The molecule has 0 bridgehead atoms. The summed E-state index contributed by atoms with van der Waals surface area (Å²) in [7, 11) is -3.84. The van der Waals surface area contributed by atoms with Crippen LogP contribution in [0.4, 0.5) is 4.39 Å². The molecule has 0 saturated carbocycles. The van der Waals surface area contributed by atoms with E-state index in [0.717, 1.165) is 0 Å². The van der Waals surface area contributed by atoms with Gasteiger partial charge in [0.1, 0.15) is 11.4 Å². The van der Waals surface area contributed by atoms with E-state index in [2.05, 4.69) is 0 Å². The Labute approximate surface area is 166 Å². The highest BCUT2D eigenvalue weighted by Crippen LogP contribution is 2.27. The molecule has 0 unspecified atom stereocenters. The maximum atomic E-state index is 14.9. The summed E-state index contributed by atoms with van der Waals surface area (Å²) < 4.78 is 44.2. The quantitative estimate of drug-likeness (QED) is 0.641. The Bertz CT molecular complexity index is 1260. The number of fused-ring (bicyclic) bond motifs is 1. The van der Waals surface area contributed by atoms with Gasteiger partial charge in [-0.2, -0.15) is 0 Å². The largest absolute Gasteiger partial charge is 0.462 e. The van der Waals surface area contributed by atoms with Crippen molar-refractivity contribution in [2.45, 2.75) is 25.3 Å². The molecule has 2 aromatic carbocycles. The fourth-order valence-corrected chi connectivity index (χ4v) is 3.60. The zero-order valence-corrected chi connectivity index (χ0v) is 16.6. The summed E-state index contributed by atoms with van der Waals surface area (Å²) in [5.74, 6) is -1.59. The first-order valence-corrected chi connectivity index (χ1v) is 10.4. The van der Waals surface area contributed by atoms with E-state index in [4.69, 9.17) is 9.88 Å². The van der Waals surface area contributed by atoms with Crippen LogP contribution in [-0.2, 0) is 21.3 Å². The standard InChI is InChI=1S/C20H19FN2O5S/c1-3-23-11-15(20(25)28-4-2)19(24)18-16(21)9-13(10-17(18)23)12-5-7-14(8-6-12)29(22,26)27/h5-11H,3-4H2,1-2H3,(H2,22,26,27). The average molecular weight is 418 g/mol. The van der Waals surface area contributed by atoms with Crippen LogP contribution in [0.25, 0.3) is 22.0 Å². The van der Waals surface area contributed by atoms with Gasteiger partial charge in [-0.25, -0.2) is 22.7 Å². The molecular formula is C20H19FN2O5S. The summed E-state index contributed by atoms with van der Waals surface area (Å²) >= 11 is 0. The molecule has 0 fully saturated rings. The Balaban J connectivity index is 2.22. The van der Waals surface area contributed by atoms with Crippen LogP contribution in [0.1, 0.15) is 24.2 Å². The summed E-state index contributed by atoms with van der Waals surface area (Å²) in [6, 6.07) is 8.44. The lowest BCUT2D eigenvalue weighted by atomic mass is 10.0. The molecule has 0 saturated heterocycles. The smallest absolute Gasteiger partial charge is 0.343 e. The van der Waals surface area contributed by atoms with E-state index in [1.165, 1.54) is 36.5 Å². The van der Waals surface area contributed by atoms with Gasteiger partial charge in [0.15, 0.2) is 0 Å². The molecule has 0 aliphatic carbocycles. The van der Waals surface area contributed by atoms with E-state index >= 15 is 0 Å². The van der Waals surface area contributed by atoms with Gasteiger partial charge in [0.05, 0.1) is 22.4 Å². The van der Waals surface area contributed by atoms with Crippen LogP contribution in [-0.4, -0.2) is 25.6 Å². The molecule has 152 valence electrons. The van der Waals surface area contributed by atoms with E-state index in [1.807, 2.05) is 0 Å². The minimum atomic E-state index is -3.84. The van der Waals surface area contributed by atoms with E-state index < -0.39 is 27.2 Å². The van der Waals surface area contributed by atoms with E-state index in [9.17, 15) is 22.4 Å². The molecule has 9 heteroatoms. The number of sulfonamides is 1. The van der Waals surface area contributed by atoms with Gasteiger partial charge in [-0.3, -0.25) is 4.79 Å². The molecule has 0 spiro atoms. The number of benzene rings is 2. The van der Waals surface area contributed by atoms with Crippen molar-refractivity contribution in [2.24, 2.45) is 5.14 Å². The van der Waals surface area contributed by atoms with Crippen molar-refractivity contribution in [3.63, 3.8) is 0 Å². The maximum Gasteiger partial charge on any atom is 0.343 e. The second-order valence-corrected chi connectivity index (χ2v) is 7.86. The maximum absolute atomic E-state index is 14.9. The SMILES string of the molecule is CCOC(=O)c1cn(CC)c2cc(-c3ccc(S(N)(=O)=O)cc3)cc(F)c2c1=O. The third-order valence-electron chi connectivity index (χ3n) is 4.49. The number of primary sulfonamides is 1. The fraction of sp³-hybridized carbons (Fsp3) is 0.200. The zero-order valence-electron chi connectivity index (χ0n) is 15.8. The van der Waals surface area contributed by atoms with Crippen molar-refractivity contribution in [3.05, 3.63) is 64.2 Å². The first-order chi connectivity index (χ1) is 13.7. The predicted octanol–water partition coefficient (Wildman–Crippen LogP) is 2.65. The molecule has 1 aromatic heterocycles. The van der Waals surface area contributed by atoms with Gasteiger partial charge in [-0.05, 0) is 49.2 Å². The molecule has 7 nitrogen and oxygen atoms in total. The van der Waals surface area contributed by atoms with Crippen LogP contribution in [0.3, 0.4) is 0 Å². The highest BCUT2D eigenvalue weighted by molar-refractivity contribution is 7.89. The van der Waals surface area contributed by atoms with Gasteiger partial charge in [-0.1, -0.05) is 12.1 Å². The number of carbonyl (C=O) groups excluding carboxylic acids is 1.